The van der Waals surface area contributed by atoms with E-state index in [0.29, 0.717) is 35.5 Å². The van der Waals surface area contributed by atoms with E-state index in [1.807, 2.05) is 0 Å². The van der Waals surface area contributed by atoms with Crippen molar-refractivity contribution >= 4 is 10.0 Å². The van der Waals surface area contributed by atoms with E-state index in [2.05, 4.69) is 10.1 Å². The molecular formula is C19H24N4O3S. The van der Waals surface area contributed by atoms with E-state index in [4.69, 9.17) is 4.74 Å². The van der Waals surface area contributed by atoms with Gasteiger partial charge in [0.2, 0.25) is 10.0 Å². The van der Waals surface area contributed by atoms with Gasteiger partial charge in [0.25, 0.3) is 0 Å². The van der Waals surface area contributed by atoms with Gasteiger partial charge in [0.05, 0.1) is 4.90 Å². The van der Waals surface area contributed by atoms with Gasteiger partial charge in [-0.3, -0.25) is 4.68 Å². The lowest BCUT2D eigenvalue weighted by Crippen LogP contribution is -2.69. The minimum atomic E-state index is -3.43. The minimum absolute atomic E-state index is 0.225. The first kappa shape index (κ1) is 17.2. The normalized spacial score (nSPS) is 24.4. The summed E-state index contributed by atoms with van der Waals surface area (Å²) >= 11 is 0. The van der Waals surface area contributed by atoms with Crippen molar-refractivity contribution in [3.8, 4) is 5.75 Å². The number of hydrogen-bond acceptors (Lipinski definition) is 5. The molecule has 144 valence electrons. The van der Waals surface area contributed by atoms with E-state index < -0.39 is 10.0 Å². The molecule has 0 radical (unpaired) electrons. The molecule has 1 saturated heterocycles. The van der Waals surface area contributed by atoms with Crippen LogP contribution in [0.4, 0.5) is 0 Å². The van der Waals surface area contributed by atoms with Crippen molar-refractivity contribution in [3.05, 3.63) is 36.4 Å². The highest BCUT2D eigenvalue weighted by atomic mass is 32.2. The lowest BCUT2D eigenvalue weighted by Gasteiger charge is -2.62. The Hall–Kier alpha value is -1.93. The van der Waals surface area contributed by atoms with Gasteiger partial charge in [-0.25, -0.2) is 13.4 Å². The van der Waals surface area contributed by atoms with Crippen molar-refractivity contribution in [3.63, 3.8) is 0 Å². The van der Waals surface area contributed by atoms with E-state index in [1.54, 1.807) is 40.3 Å². The summed E-state index contributed by atoms with van der Waals surface area (Å²) in [6.45, 7) is 0.988. The molecule has 1 spiro atoms. The van der Waals surface area contributed by atoms with Crippen molar-refractivity contribution in [1.29, 1.82) is 0 Å². The van der Waals surface area contributed by atoms with E-state index in [9.17, 15) is 8.42 Å². The summed E-state index contributed by atoms with van der Waals surface area (Å²) in [5, 5.41) is 4.00. The summed E-state index contributed by atoms with van der Waals surface area (Å²) in [6.07, 6.45) is 7.45. The maximum Gasteiger partial charge on any atom is 0.243 e. The monoisotopic (exact) mass is 388 g/mol. The Kier molecular flexibility index (Phi) is 3.84. The minimum Gasteiger partial charge on any atom is -0.486 e. The maximum absolute atomic E-state index is 13.1. The molecule has 1 unspecified atom stereocenters. The number of aromatic nitrogens is 3. The first-order valence-corrected chi connectivity index (χ1v) is 11.0. The van der Waals surface area contributed by atoms with Crippen LogP contribution >= 0.6 is 0 Å². The number of sulfonamides is 1. The van der Waals surface area contributed by atoms with Gasteiger partial charge in [0.1, 0.15) is 18.7 Å². The first-order chi connectivity index (χ1) is 13.0. The van der Waals surface area contributed by atoms with Crippen LogP contribution in [-0.4, -0.2) is 40.1 Å². The van der Waals surface area contributed by atoms with Gasteiger partial charge >= 0.3 is 0 Å². The van der Waals surface area contributed by atoms with Crippen LogP contribution in [0, 0.1) is 11.3 Å². The molecule has 8 heteroatoms. The molecule has 2 aromatic rings. The molecular weight excluding hydrogens is 364 g/mol. The van der Waals surface area contributed by atoms with Gasteiger partial charge in [-0.15, -0.1) is 0 Å². The number of nitrogens with zero attached hydrogens (tertiary/aromatic N) is 4. The fourth-order valence-electron chi connectivity index (χ4n) is 4.60. The van der Waals surface area contributed by atoms with Gasteiger partial charge in [0.15, 0.2) is 5.82 Å². The topological polar surface area (TPSA) is 77.3 Å². The van der Waals surface area contributed by atoms with Crippen LogP contribution in [0.3, 0.4) is 0 Å². The number of hydrogen-bond donors (Lipinski definition) is 0. The Morgan fingerprint density at radius 2 is 1.96 bits per heavy atom. The predicted octanol–water partition coefficient (Wildman–Crippen LogP) is 2.35. The summed E-state index contributed by atoms with van der Waals surface area (Å²) < 4.78 is 35.4. The SMILES string of the molecule is Cn1ncnc1COc1ccc(S(=O)(=O)N2CC3(CCC3)C2C2CC2)cc1. The van der Waals surface area contributed by atoms with Crippen molar-refractivity contribution in [2.75, 3.05) is 6.54 Å². The van der Waals surface area contributed by atoms with Gasteiger partial charge < -0.3 is 4.74 Å². The zero-order valence-electron chi connectivity index (χ0n) is 15.4. The molecule has 7 nitrogen and oxygen atoms in total. The summed E-state index contributed by atoms with van der Waals surface area (Å²) in [5.41, 5.74) is 0.285. The molecule has 1 aliphatic heterocycles. The van der Waals surface area contributed by atoms with Crippen LogP contribution in [0.25, 0.3) is 0 Å². The van der Waals surface area contributed by atoms with Crippen molar-refractivity contribution in [1.82, 2.24) is 19.1 Å². The quantitative estimate of drug-likeness (QED) is 0.759. The lowest BCUT2D eigenvalue weighted by atomic mass is 9.58. The summed E-state index contributed by atoms with van der Waals surface area (Å²) in [4.78, 5) is 4.47. The first-order valence-electron chi connectivity index (χ1n) is 9.57. The smallest absolute Gasteiger partial charge is 0.243 e. The van der Waals surface area contributed by atoms with Gasteiger partial charge in [-0.1, -0.05) is 6.42 Å². The number of ether oxygens (including phenoxy) is 1. The van der Waals surface area contributed by atoms with E-state index in [1.165, 1.54) is 38.4 Å². The van der Waals surface area contributed by atoms with Crippen LogP contribution in [0.15, 0.2) is 35.5 Å². The number of aryl methyl sites for hydroxylation is 1. The predicted molar refractivity (Wildman–Crippen MR) is 98.5 cm³/mol. The summed E-state index contributed by atoms with van der Waals surface area (Å²) in [7, 11) is -1.63. The van der Waals surface area contributed by atoms with Crippen LogP contribution in [0.1, 0.15) is 37.9 Å². The van der Waals surface area contributed by atoms with Crippen molar-refractivity contribution < 1.29 is 13.2 Å². The molecule has 1 aromatic carbocycles. The Bertz CT molecular complexity index is 946. The van der Waals surface area contributed by atoms with E-state index in [-0.39, 0.29) is 11.5 Å². The van der Waals surface area contributed by atoms with Crippen molar-refractivity contribution in [2.45, 2.75) is 49.6 Å². The second-order valence-electron chi connectivity index (χ2n) is 8.11. The molecule has 27 heavy (non-hydrogen) atoms. The molecule has 2 aliphatic carbocycles. The second-order valence-corrected chi connectivity index (χ2v) is 10.00. The van der Waals surface area contributed by atoms with Crippen molar-refractivity contribution in [2.24, 2.45) is 18.4 Å². The summed E-state index contributed by atoms with van der Waals surface area (Å²) in [6, 6.07) is 6.96. The third-order valence-electron chi connectivity index (χ3n) is 6.43. The van der Waals surface area contributed by atoms with E-state index >= 15 is 0 Å². The molecule has 0 bridgehead atoms. The molecule has 3 fully saturated rings. The Balaban J connectivity index is 1.30. The highest BCUT2D eigenvalue weighted by Crippen LogP contribution is 2.60. The fourth-order valence-corrected chi connectivity index (χ4v) is 6.48. The molecule has 0 amide bonds. The lowest BCUT2D eigenvalue weighted by molar-refractivity contribution is -0.0858. The second kappa shape index (κ2) is 6.04. The Labute approximate surface area is 159 Å². The highest BCUT2D eigenvalue weighted by Gasteiger charge is 2.63. The average molecular weight is 388 g/mol. The fraction of sp³-hybridized carbons (Fsp3) is 0.579. The van der Waals surface area contributed by atoms with Crippen LogP contribution in [-0.2, 0) is 23.7 Å². The number of benzene rings is 1. The third kappa shape index (κ3) is 2.77. The molecule has 1 aromatic heterocycles. The molecule has 5 rings (SSSR count). The van der Waals surface area contributed by atoms with Gasteiger partial charge in [-0.05, 0) is 55.9 Å². The average Bonchev–Trinajstić information content (AvgIpc) is 3.31. The largest absolute Gasteiger partial charge is 0.486 e. The maximum atomic E-state index is 13.1. The molecule has 3 aliphatic rings. The highest BCUT2D eigenvalue weighted by molar-refractivity contribution is 7.89. The van der Waals surface area contributed by atoms with Gasteiger partial charge in [0, 0.05) is 25.0 Å². The molecule has 1 atom stereocenters. The van der Waals surface area contributed by atoms with Crippen LogP contribution in [0.2, 0.25) is 0 Å². The molecule has 0 N–H and O–H groups in total. The zero-order chi connectivity index (χ0) is 18.6. The third-order valence-corrected chi connectivity index (χ3v) is 8.27. The van der Waals surface area contributed by atoms with Crippen LogP contribution in [0.5, 0.6) is 5.75 Å². The molecule has 2 heterocycles. The number of rotatable bonds is 6. The van der Waals surface area contributed by atoms with E-state index in [0.717, 1.165) is 0 Å². The molecule has 2 saturated carbocycles. The Morgan fingerprint density at radius 3 is 2.52 bits per heavy atom. The summed E-state index contributed by atoms with van der Waals surface area (Å²) in [5.74, 6) is 1.91. The van der Waals surface area contributed by atoms with Crippen LogP contribution < -0.4 is 4.74 Å². The Morgan fingerprint density at radius 1 is 1.22 bits per heavy atom. The zero-order valence-corrected chi connectivity index (χ0v) is 16.2. The van der Waals surface area contributed by atoms with Gasteiger partial charge in [-0.2, -0.15) is 9.40 Å². The standard InChI is InChI=1S/C19H24N4O3S/c1-22-17(20-13-21-22)11-26-15-5-7-16(8-6-15)27(24,25)23-12-19(9-2-10-19)18(23)14-3-4-14/h5-8,13-14,18H,2-4,9-12H2,1H3.